The Hall–Kier alpha value is -3.82. The number of carbonyl (C=O) groups excluding carboxylic acids is 2. The van der Waals surface area contributed by atoms with E-state index in [1.54, 1.807) is 0 Å². The summed E-state index contributed by atoms with van der Waals surface area (Å²) >= 11 is 2.89. The Bertz CT molecular complexity index is 1830. The van der Waals surface area contributed by atoms with Gasteiger partial charge in [0, 0.05) is 33.3 Å². The normalized spacial score (nSPS) is 12.2. The number of fused-ring (bicyclic) bond motifs is 8. The molecule has 0 amide bonds. The van der Waals surface area contributed by atoms with Gasteiger partial charge in [0.25, 0.3) is 0 Å². The van der Waals surface area contributed by atoms with Crippen LogP contribution in [-0.4, -0.2) is 36.1 Å². The maximum absolute atomic E-state index is 13.2. The van der Waals surface area contributed by atoms with Crippen molar-refractivity contribution < 1.29 is 19.1 Å². The largest absolute Gasteiger partial charge is 0.469 e. The van der Waals surface area contributed by atoms with E-state index in [1.807, 2.05) is 56.3 Å². The molecule has 39 heavy (non-hydrogen) atoms. The van der Waals surface area contributed by atoms with Crippen molar-refractivity contribution >= 4 is 75.6 Å². The predicted molar refractivity (Wildman–Crippen MR) is 158 cm³/mol. The Kier molecular flexibility index (Phi) is 7.63. The van der Waals surface area contributed by atoms with E-state index in [-0.39, 0.29) is 30.2 Å². The Morgan fingerprint density at radius 2 is 1.44 bits per heavy atom. The number of ether oxygens (including phenoxy) is 2. The van der Waals surface area contributed by atoms with Crippen molar-refractivity contribution in [3.63, 3.8) is 0 Å². The van der Waals surface area contributed by atoms with Gasteiger partial charge in [-0.3, -0.25) is 14.4 Å². The molecular formula is C30H28N2O5S2. The molecule has 0 radical (unpaired) electrons. The number of rotatable bonds is 6. The summed E-state index contributed by atoms with van der Waals surface area (Å²) in [5.74, 6) is -0.562. The number of carbonyl (C=O) groups is 2. The number of aromatic amines is 1. The quantitative estimate of drug-likeness (QED) is 0.265. The first kappa shape index (κ1) is 26.8. The summed E-state index contributed by atoms with van der Waals surface area (Å²) in [5.41, 5.74) is 7.25. The van der Waals surface area contributed by atoms with Crippen molar-refractivity contribution in [1.29, 1.82) is 0 Å². The monoisotopic (exact) mass is 560 g/mol. The fraction of sp³-hybridized carbons (Fsp3) is 0.267. The molecule has 0 saturated heterocycles. The van der Waals surface area contributed by atoms with Crippen LogP contribution in [0.25, 0.3) is 41.0 Å². The number of hydrogen-bond donors (Lipinski definition) is 1. The van der Waals surface area contributed by atoms with Crippen LogP contribution in [0.3, 0.4) is 0 Å². The smallest absolute Gasteiger partial charge is 0.305 e. The van der Waals surface area contributed by atoms with Crippen LogP contribution in [0.15, 0.2) is 47.3 Å². The van der Waals surface area contributed by atoms with Crippen LogP contribution in [0, 0.1) is 6.92 Å². The summed E-state index contributed by atoms with van der Waals surface area (Å²) in [6, 6.07) is 13.6. The first-order valence-electron chi connectivity index (χ1n) is 12.6. The zero-order valence-electron chi connectivity index (χ0n) is 22.2. The SMILES string of the molecule is COC(=O)CCC1=C(C)c2cc3ccc(s3)c(=O)c3ccc(cc4[nH]c(cc1n2)c(CCC(=O)OC)c4C)s3. The van der Waals surface area contributed by atoms with Crippen LogP contribution >= 0.6 is 22.7 Å². The van der Waals surface area contributed by atoms with Crippen LogP contribution in [0.2, 0.25) is 0 Å². The molecule has 4 aromatic heterocycles. The second kappa shape index (κ2) is 11.1. The molecule has 9 heteroatoms. The van der Waals surface area contributed by atoms with E-state index in [1.165, 1.54) is 36.9 Å². The van der Waals surface area contributed by atoms with Crippen LogP contribution in [0.5, 0.6) is 0 Å². The molecule has 0 atom stereocenters. The molecule has 1 N–H and O–H groups in total. The van der Waals surface area contributed by atoms with Gasteiger partial charge in [0.05, 0.1) is 35.0 Å². The standard InChI is InChI=1S/C30H28N2O5S2/c1-16-20(7-11-28(33)36-3)24-15-25-21(8-12-29(34)37-4)17(2)23(32-25)14-19-6-10-27(39-19)30(35)26-9-5-18(38-26)13-22(16)31-24/h5-6,9-10,13-15,31H,7-8,11-12H2,1-4H3. The highest BCUT2D eigenvalue weighted by Gasteiger charge is 2.19. The second-order valence-electron chi connectivity index (χ2n) is 9.36. The molecular weight excluding hydrogens is 532 g/mol. The maximum Gasteiger partial charge on any atom is 0.305 e. The molecule has 0 aliphatic carbocycles. The lowest BCUT2D eigenvalue weighted by atomic mass is 10.0. The number of thiophene rings is 2. The Labute approximate surface area is 233 Å². The molecule has 5 rings (SSSR count). The van der Waals surface area contributed by atoms with Gasteiger partial charge in [-0.25, -0.2) is 4.98 Å². The number of esters is 2. The molecule has 0 saturated carbocycles. The molecule has 5 heterocycles. The third-order valence-electron chi connectivity index (χ3n) is 7.00. The van der Waals surface area contributed by atoms with Gasteiger partial charge in [0.15, 0.2) is 0 Å². The Morgan fingerprint density at radius 3 is 2.08 bits per heavy atom. The summed E-state index contributed by atoms with van der Waals surface area (Å²) in [5, 5.41) is 0. The predicted octanol–water partition coefficient (Wildman–Crippen LogP) is 6.65. The van der Waals surface area contributed by atoms with E-state index >= 15 is 0 Å². The first-order chi connectivity index (χ1) is 18.8. The van der Waals surface area contributed by atoms with Crippen molar-refractivity contribution in [2.75, 3.05) is 14.2 Å². The van der Waals surface area contributed by atoms with E-state index in [9.17, 15) is 14.4 Å². The number of methoxy groups -OCH3 is 2. The lowest BCUT2D eigenvalue weighted by Crippen LogP contribution is -2.02. The molecule has 0 fully saturated rings. The summed E-state index contributed by atoms with van der Waals surface area (Å²) in [7, 11) is 2.77. The molecule has 0 spiro atoms. The number of nitrogens with zero attached hydrogens (tertiary/aromatic N) is 1. The second-order valence-corrected chi connectivity index (χ2v) is 11.6. The number of aromatic nitrogens is 2. The van der Waals surface area contributed by atoms with Crippen molar-refractivity contribution in [3.8, 4) is 0 Å². The third-order valence-corrected chi connectivity index (χ3v) is 9.06. The number of hydrogen-bond acceptors (Lipinski definition) is 8. The average Bonchev–Trinajstić information content (AvgIpc) is 3.70. The Morgan fingerprint density at radius 1 is 0.821 bits per heavy atom. The number of allylic oxidation sites excluding steroid dienone is 2. The number of nitrogens with one attached hydrogen (secondary N) is 1. The molecule has 0 aromatic carbocycles. The molecule has 200 valence electrons. The van der Waals surface area contributed by atoms with E-state index in [0.29, 0.717) is 22.2 Å². The van der Waals surface area contributed by atoms with E-state index in [2.05, 4.69) is 4.98 Å². The Balaban J connectivity index is 1.82. The van der Waals surface area contributed by atoms with Crippen molar-refractivity contribution in [2.24, 2.45) is 0 Å². The van der Waals surface area contributed by atoms with Crippen molar-refractivity contribution in [1.82, 2.24) is 9.97 Å². The summed E-state index contributed by atoms with van der Waals surface area (Å²) < 4.78 is 13.0. The minimum absolute atomic E-state index is 0.000894. The summed E-state index contributed by atoms with van der Waals surface area (Å²) in [6.45, 7) is 4.02. The van der Waals surface area contributed by atoms with Gasteiger partial charge in [-0.15, -0.1) is 22.7 Å². The topological polar surface area (TPSA) is 98.4 Å². The zero-order valence-corrected chi connectivity index (χ0v) is 23.8. The highest BCUT2D eigenvalue weighted by molar-refractivity contribution is 7.25. The minimum atomic E-state index is -0.284. The maximum atomic E-state index is 13.2. The molecule has 7 nitrogen and oxygen atoms in total. The minimum Gasteiger partial charge on any atom is -0.469 e. The van der Waals surface area contributed by atoms with Gasteiger partial charge in [-0.1, -0.05) is 0 Å². The molecule has 8 bridgehead atoms. The van der Waals surface area contributed by atoms with Crippen LogP contribution in [-0.2, 0) is 25.5 Å². The average molecular weight is 561 g/mol. The van der Waals surface area contributed by atoms with Gasteiger partial charge in [0.1, 0.15) is 0 Å². The summed E-state index contributed by atoms with van der Waals surface area (Å²) in [6.07, 6.45) is 1.46. The lowest BCUT2D eigenvalue weighted by Gasteiger charge is -2.04. The number of aryl methyl sites for hydroxylation is 2. The van der Waals surface area contributed by atoms with Crippen molar-refractivity contribution in [2.45, 2.75) is 39.5 Å². The van der Waals surface area contributed by atoms with Crippen molar-refractivity contribution in [3.05, 3.63) is 75.2 Å². The number of H-pyrrole nitrogens is 1. The zero-order chi connectivity index (χ0) is 27.7. The van der Waals surface area contributed by atoms with Gasteiger partial charge in [-0.05, 0) is 91.4 Å². The molecule has 4 aromatic rings. The van der Waals surface area contributed by atoms with Crippen LogP contribution in [0.4, 0.5) is 0 Å². The third kappa shape index (κ3) is 5.51. The van der Waals surface area contributed by atoms with Crippen LogP contribution in [0.1, 0.15) is 48.7 Å². The lowest BCUT2D eigenvalue weighted by molar-refractivity contribution is -0.141. The molecule has 1 aliphatic rings. The highest BCUT2D eigenvalue weighted by atomic mass is 32.1. The van der Waals surface area contributed by atoms with Gasteiger partial charge in [-0.2, -0.15) is 0 Å². The fourth-order valence-electron chi connectivity index (χ4n) is 4.77. The van der Waals surface area contributed by atoms with E-state index in [0.717, 1.165) is 54.1 Å². The van der Waals surface area contributed by atoms with E-state index < -0.39 is 0 Å². The molecule has 0 unspecified atom stereocenters. The van der Waals surface area contributed by atoms with Gasteiger partial charge < -0.3 is 14.5 Å². The highest BCUT2D eigenvalue weighted by Crippen LogP contribution is 2.35. The van der Waals surface area contributed by atoms with Gasteiger partial charge >= 0.3 is 11.9 Å². The first-order valence-corrected chi connectivity index (χ1v) is 14.2. The van der Waals surface area contributed by atoms with E-state index in [4.69, 9.17) is 14.5 Å². The fourth-order valence-corrected chi connectivity index (χ4v) is 6.64. The summed E-state index contributed by atoms with van der Waals surface area (Å²) in [4.78, 5) is 45.7. The molecule has 1 aliphatic heterocycles. The van der Waals surface area contributed by atoms with Crippen LogP contribution < -0.4 is 5.43 Å². The van der Waals surface area contributed by atoms with Gasteiger partial charge in [0.2, 0.25) is 5.43 Å².